The molecule has 0 radical (unpaired) electrons. The molecule has 0 bridgehead atoms. The van der Waals surface area contributed by atoms with Crippen molar-refractivity contribution < 1.29 is 4.79 Å². The Hall–Kier alpha value is -3.44. The highest BCUT2D eigenvalue weighted by atomic mass is 28.3. The predicted octanol–water partition coefficient (Wildman–Crippen LogP) is 6.13. The molecule has 3 aromatic heterocycles. The quantitative estimate of drug-likeness (QED) is 0.311. The van der Waals surface area contributed by atoms with Crippen LogP contribution in [0, 0.1) is 24.3 Å². The van der Waals surface area contributed by atoms with E-state index in [1.807, 2.05) is 18.1 Å². The van der Waals surface area contributed by atoms with Gasteiger partial charge in [-0.3, -0.25) is 4.79 Å². The third kappa shape index (κ3) is 5.08. The molecule has 1 atom stereocenters. The van der Waals surface area contributed by atoms with Crippen molar-refractivity contribution in [2.75, 3.05) is 18.8 Å². The molecule has 40 heavy (non-hydrogen) atoms. The molecule has 0 aromatic carbocycles. The van der Waals surface area contributed by atoms with Gasteiger partial charge in [0.05, 0.1) is 11.1 Å². The predicted molar refractivity (Wildman–Crippen MR) is 166 cm³/mol. The van der Waals surface area contributed by atoms with Crippen LogP contribution in [0.3, 0.4) is 0 Å². The van der Waals surface area contributed by atoms with E-state index in [2.05, 4.69) is 78.9 Å². The van der Waals surface area contributed by atoms with Gasteiger partial charge in [-0.25, -0.2) is 15.0 Å². The SMILES string of the molecule is Cc1cc(C#C[Si](C)(C)C(C)(C)C)ncc1-c1c(C2=CCC(C(=O)N3CCCC3)CC2)c2c(N)ncnc2n1C. The van der Waals surface area contributed by atoms with E-state index in [4.69, 9.17) is 10.7 Å². The number of fused-ring (bicyclic) bond motifs is 1. The lowest BCUT2D eigenvalue weighted by atomic mass is 9.84. The first-order valence-electron chi connectivity index (χ1n) is 14.5. The molecular formula is C32H42N6OSi. The number of hydrogen-bond donors (Lipinski definition) is 1. The summed E-state index contributed by atoms with van der Waals surface area (Å²) in [7, 11) is 0.286. The monoisotopic (exact) mass is 554 g/mol. The normalized spacial score (nSPS) is 18.0. The molecule has 1 amide bonds. The number of aromatic nitrogens is 4. The highest BCUT2D eigenvalue weighted by Crippen LogP contribution is 2.43. The Labute approximate surface area is 239 Å². The number of aryl methyl sites for hydroxylation is 2. The van der Waals surface area contributed by atoms with Crippen LogP contribution in [0.2, 0.25) is 18.1 Å². The van der Waals surface area contributed by atoms with Crippen LogP contribution in [0.15, 0.2) is 24.7 Å². The molecule has 5 rings (SSSR count). The molecular weight excluding hydrogens is 512 g/mol. The van der Waals surface area contributed by atoms with Gasteiger partial charge in [0.1, 0.15) is 31.6 Å². The Morgan fingerprint density at radius 2 is 1.88 bits per heavy atom. The number of likely N-dealkylation sites (tertiary alicyclic amines) is 1. The summed E-state index contributed by atoms with van der Waals surface area (Å²) in [6.07, 6.45) is 10.3. The summed E-state index contributed by atoms with van der Waals surface area (Å²) < 4.78 is 2.11. The topological polar surface area (TPSA) is 89.9 Å². The van der Waals surface area contributed by atoms with Gasteiger partial charge in [0.2, 0.25) is 5.91 Å². The Morgan fingerprint density at radius 3 is 2.50 bits per heavy atom. The number of pyridine rings is 1. The van der Waals surface area contributed by atoms with Crippen LogP contribution in [0.1, 0.15) is 69.7 Å². The van der Waals surface area contributed by atoms with E-state index in [1.165, 1.54) is 11.9 Å². The van der Waals surface area contributed by atoms with Crippen molar-refractivity contribution in [3.05, 3.63) is 41.5 Å². The molecule has 1 saturated heterocycles. The van der Waals surface area contributed by atoms with Crippen LogP contribution in [0.4, 0.5) is 5.82 Å². The molecule has 1 aliphatic heterocycles. The Kier molecular flexibility index (Phi) is 7.38. The average Bonchev–Trinajstić information content (AvgIpc) is 3.55. The van der Waals surface area contributed by atoms with Crippen LogP contribution < -0.4 is 5.73 Å². The minimum absolute atomic E-state index is 0.0519. The number of nitrogens with two attached hydrogens (primary N) is 1. The molecule has 3 aromatic rings. The lowest BCUT2D eigenvalue weighted by Gasteiger charge is -2.31. The summed E-state index contributed by atoms with van der Waals surface area (Å²) in [6, 6.07) is 2.09. The molecule has 0 saturated carbocycles. The van der Waals surface area contributed by atoms with E-state index in [0.717, 1.165) is 84.3 Å². The number of carbonyl (C=O) groups is 1. The van der Waals surface area contributed by atoms with Gasteiger partial charge in [-0.2, -0.15) is 0 Å². The summed E-state index contributed by atoms with van der Waals surface area (Å²) in [5, 5.41) is 1.07. The molecule has 1 fully saturated rings. The smallest absolute Gasteiger partial charge is 0.226 e. The van der Waals surface area contributed by atoms with E-state index in [-0.39, 0.29) is 11.0 Å². The number of rotatable bonds is 3. The van der Waals surface area contributed by atoms with E-state index < -0.39 is 8.07 Å². The highest BCUT2D eigenvalue weighted by molar-refractivity contribution is 6.87. The van der Waals surface area contributed by atoms with Gasteiger partial charge in [0.25, 0.3) is 0 Å². The van der Waals surface area contributed by atoms with Gasteiger partial charge in [-0.05, 0) is 61.3 Å². The van der Waals surface area contributed by atoms with Gasteiger partial charge >= 0.3 is 0 Å². The summed E-state index contributed by atoms with van der Waals surface area (Å²) in [4.78, 5) is 28.9. The zero-order valence-corrected chi connectivity index (χ0v) is 26.1. The van der Waals surface area contributed by atoms with Crippen molar-refractivity contribution in [1.29, 1.82) is 0 Å². The zero-order valence-electron chi connectivity index (χ0n) is 25.1. The van der Waals surface area contributed by atoms with E-state index >= 15 is 0 Å². The maximum Gasteiger partial charge on any atom is 0.226 e. The fourth-order valence-electron chi connectivity index (χ4n) is 5.66. The number of nitrogens with zero attached hydrogens (tertiary/aromatic N) is 5. The summed E-state index contributed by atoms with van der Waals surface area (Å²) in [5.74, 6) is 4.22. The van der Waals surface area contributed by atoms with Gasteiger partial charge in [-0.15, -0.1) is 5.54 Å². The van der Waals surface area contributed by atoms with E-state index in [0.29, 0.717) is 11.7 Å². The lowest BCUT2D eigenvalue weighted by molar-refractivity contribution is -0.134. The highest BCUT2D eigenvalue weighted by Gasteiger charge is 2.34. The van der Waals surface area contributed by atoms with Crippen molar-refractivity contribution in [3.63, 3.8) is 0 Å². The number of anilines is 1. The molecule has 1 unspecified atom stereocenters. The molecule has 7 nitrogen and oxygen atoms in total. The largest absolute Gasteiger partial charge is 0.383 e. The number of nitrogen functional groups attached to an aromatic ring is 1. The van der Waals surface area contributed by atoms with Crippen LogP contribution in [-0.2, 0) is 11.8 Å². The molecule has 4 heterocycles. The maximum atomic E-state index is 13.1. The van der Waals surface area contributed by atoms with Gasteiger partial charge in [-0.1, -0.05) is 45.9 Å². The fraction of sp³-hybridized carbons (Fsp3) is 0.500. The summed E-state index contributed by atoms with van der Waals surface area (Å²) in [5.41, 5.74) is 17.1. The van der Waals surface area contributed by atoms with Crippen molar-refractivity contribution >= 4 is 36.4 Å². The number of amides is 1. The minimum atomic E-state index is -1.74. The maximum absolute atomic E-state index is 13.1. The standard InChI is InChI=1S/C32H42N6OSi/c1-21-18-24(14-17-40(6,7)32(2,3)4)34-19-25(21)28-26(27-29(33)35-20-36-30(27)37(28)5)22-10-12-23(13-11-22)31(39)38-15-8-9-16-38/h10,18-20,23H,8-9,11-13,15-16H2,1-7H3,(H2,33,35,36). The van der Waals surface area contributed by atoms with Crippen molar-refractivity contribution in [3.8, 4) is 22.7 Å². The van der Waals surface area contributed by atoms with Crippen LogP contribution in [0.5, 0.6) is 0 Å². The van der Waals surface area contributed by atoms with E-state index in [1.54, 1.807) is 0 Å². The Balaban J connectivity index is 1.56. The second-order valence-corrected chi connectivity index (χ2v) is 18.0. The third-order valence-corrected chi connectivity index (χ3v) is 13.7. The second kappa shape index (κ2) is 10.5. The Bertz CT molecular complexity index is 1560. The zero-order chi connectivity index (χ0) is 28.8. The molecule has 2 aliphatic rings. The first-order chi connectivity index (χ1) is 18.9. The fourth-order valence-corrected chi connectivity index (χ4v) is 6.48. The molecule has 2 N–H and O–H groups in total. The average molecular weight is 555 g/mol. The van der Waals surface area contributed by atoms with Crippen molar-refractivity contribution in [2.45, 2.75) is 77.9 Å². The van der Waals surface area contributed by atoms with Gasteiger partial charge < -0.3 is 15.2 Å². The van der Waals surface area contributed by atoms with Gasteiger partial charge in [0, 0.05) is 43.4 Å². The van der Waals surface area contributed by atoms with Crippen LogP contribution >= 0.6 is 0 Å². The first-order valence-corrected chi connectivity index (χ1v) is 17.5. The minimum Gasteiger partial charge on any atom is -0.383 e. The van der Waals surface area contributed by atoms with Crippen LogP contribution in [0.25, 0.3) is 27.9 Å². The molecule has 0 spiro atoms. The second-order valence-electron chi connectivity index (χ2n) is 13.0. The summed E-state index contributed by atoms with van der Waals surface area (Å²) >= 11 is 0. The molecule has 1 aliphatic carbocycles. The molecule has 8 heteroatoms. The van der Waals surface area contributed by atoms with Crippen molar-refractivity contribution in [2.24, 2.45) is 13.0 Å². The Morgan fingerprint density at radius 1 is 1.15 bits per heavy atom. The summed E-state index contributed by atoms with van der Waals surface area (Å²) in [6.45, 7) is 15.4. The number of allylic oxidation sites excluding steroid dienone is 2. The third-order valence-electron chi connectivity index (χ3n) is 9.24. The first kappa shape index (κ1) is 28.1. The van der Waals surface area contributed by atoms with E-state index in [9.17, 15) is 4.79 Å². The number of hydrogen-bond acceptors (Lipinski definition) is 5. The lowest BCUT2D eigenvalue weighted by Crippen LogP contribution is -2.35. The van der Waals surface area contributed by atoms with Gasteiger partial charge in [0.15, 0.2) is 0 Å². The number of carbonyl (C=O) groups excluding carboxylic acids is 1. The molecule has 210 valence electrons. The van der Waals surface area contributed by atoms with Crippen molar-refractivity contribution in [1.82, 2.24) is 24.4 Å². The van der Waals surface area contributed by atoms with Crippen LogP contribution in [-0.4, -0.2) is 51.5 Å².